The zero-order valence-corrected chi connectivity index (χ0v) is 19.5. The quantitative estimate of drug-likeness (QED) is 0.394. The summed E-state index contributed by atoms with van der Waals surface area (Å²) in [7, 11) is 1.32. The van der Waals surface area contributed by atoms with Crippen molar-refractivity contribution in [1.82, 2.24) is 14.7 Å². The van der Waals surface area contributed by atoms with Crippen LogP contribution < -0.4 is 9.47 Å². The second kappa shape index (κ2) is 10.2. The topological polar surface area (TPSA) is 97.5 Å². The molecule has 1 saturated heterocycles. The van der Waals surface area contributed by atoms with E-state index in [1.165, 1.54) is 37.5 Å². The van der Waals surface area contributed by atoms with E-state index in [2.05, 4.69) is 5.10 Å². The van der Waals surface area contributed by atoms with Gasteiger partial charge in [-0.15, -0.1) is 0 Å². The average Bonchev–Trinajstić information content (AvgIpc) is 3.46. The van der Waals surface area contributed by atoms with E-state index < -0.39 is 28.6 Å². The fourth-order valence-electron chi connectivity index (χ4n) is 3.37. The molecule has 0 radical (unpaired) electrons. The molecule has 0 spiro atoms. The molecule has 1 aromatic heterocycles. The van der Waals surface area contributed by atoms with E-state index in [1.807, 2.05) is 0 Å². The molecule has 4 rings (SSSR count). The van der Waals surface area contributed by atoms with Crippen molar-refractivity contribution in [3.8, 4) is 23.3 Å². The minimum Gasteiger partial charge on any atom is -0.493 e. The molecule has 2 amide bonds. The van der Waals surface area contributed by atoms with E-state index in [4.69, 9.17) is 14.7 Å². The number of methoxy groups -OCH3 is 1. The third kappa shape index (κ3) is 5.36. The number of alkyl halides is 3. The fraction of sp³-hybridized carbons (Fsp3) is 0.167. The average molecular weight is 514 g/mol. The van der Waals surface area contributed by atoms with Crippen LogP contribution in [0.15, 0.2) is 59.8 Å². The van der Waals surface area contributed by atoms with Crippen LogP contribution in [0.25, 0.3) is 6.08 Å². The van der Waals surface area contributed by atoms with Gasteiger partial charge in [0, 0.05) is 18.9 Å². The van der Waals surface area contributed by atoms with Crippen molar-refractivity contribution in [1.29, 1.82) is 5.26 Å². The van der Waals surface area contributed by atoms with Crippen molar-refractivity contribution in [2.24, 2.45) is 0 Å². The van der Waals surface area contributed by atoms with Crippen molar-refractivity contribution in [3.05, 3.63) is 76.5 Å². The van der Waals surface area contributed by atoms with Gasteiger partial charge in [0.1, 0.15) is 5.75 Å². The number of imide groups is 1. The number of carbonyl (C=O) groups is 2. The molecule has 12 heteroatoms. The number of carbonyl (C=O) groups excluding carboxylic acids is 2. The molecule has 2 aromatic carbocycles. The molecule has 0 N–H and O–H groups in total. The van der Waals surface area contributed by atoms with Gasteiger partial charge >= 0.3 is 6.18 Å². The highest BCUT2D eigenvalue weighted by Gasteiger charge is 2.36. The number of halogens is 3. The predicted octanol–water partition coefficient (Wildman–Crippen LogP) is 5.31. The maximum atomic E-state index is 13.5. The van der Waals surface area contributed by atoms with Gasteiger partial charge < -0.3 is 9.47 Å². The maximum absolute atomic E-state index is 13.5. The van der Waals surface area contributed by atoms with Crippen LogP contribution in [0.5, 0.6) is 17.2 Å². The molecule has 1 aliphatic heterocycles. The number of ether oxygens (including phenoxy) is 2. The first kappa shape index (κ1) is 24.9. The van der Waals surface area contributed by atoms with Crippen molar-refractivity contribution >= 4 is 29.0 Å². The number of rotatable bonds is 7. The fourth-order valence-corrected chi connectivity index (χ4v) is 4.23. The van der Waals surface area contributed by atoms with Crippen molar-refractivity contribution in [3.63, 3.8) is 0 Å². The summed E-state index contributed by atoms with van der Waals surface area (Å²) in [6.45, 7) is 0.513. The second-order valence-corrected chi connectivity index (χ2v) is 8.43. The van der Waals surface area contributed by atoms with Gasteiger partial charge in [0.2, 0.25) is 0 Å². The van der Waals surface area contributed by atoms with Gasteiger partial charge in [-0.1, -0.05) is 6.07 Å². The molecular formula is C24H17F3N4O4S. The Morgan fingerprint density at radius 1 is 1.11 bits per heavy atom. The van der Waals surface area contributed by atoms with Gasteiger partial charge in [0.05, 0.1) is 35.8 Å². The number of aromatic nitrogens is 2. The van der Waals surface area contributed by atoms with Crippen LogP contribution in [0.4, 0.5) is 18.0 Å². The van der Waals surface area contributed by atoms with Gasteiger partial charge in [-0.2, -0.15) is 23.5 Å². The Morgan fingerprint density at radius 3 is 2.56 bits per heavy atom. The molecule has 1 aliphatic rings. The van der Waals surface area contributed by atoms with Crippen molar-refractivity contribution < 1.29 is 32.2 Å². The lowest BCUT2D eigenvalue weighted by Gasteiger charge is -2.16. The molecule has 2 heterocycles. The second-order valence-electron chi connectivity index (χ2n) is 7.44. The molecule has 0 unspecified atom stereocenters. The molecule has 1 fully saturated rings. The van der Waals surface area contributed by atoms with Crippen LogP contribution in [0, 0.1) is 11.3 Å². The number of hydrogen-bond acceptors (Lipinski definition) is 7. The van der Waals surface area contributed by atoms with Crippen molar-refractivity contribution in [2.75, 3.05) is 13.7 Å². The van der Waals surface area contributed by atoms with E-state index in [9.17, 15) is 22.8 Å². The lowest BCUT2D eigenvalue weighted by Crippen LogP contribution is -2.31. The highest BCUT2D eigenvalue weighted by atomic mass is 32.2. The molecule has 0 saturated carbocycles. The minimum absolute atomic E-state index is 0.00261. The molecule has 0 atom stereocenters. The Balaban J connectivity index is 1.55. The summed E-state index contributed by atoms with van der Waals surface area (Å²) >= 11 is 0.788. The number of amides is 2. The first-order valence-electron chi connectivity index (χ1n) is 10.4. The van der Waals surface area contributed by atoms with Crippen LogP contribution in [0.1, 0.15) is 16.7 Å². The summed E-state index contributed by atoms with van der Waals surface area (Å²) in [6.07, 6.45) is 0.0732. The highest BCUT2D eigenvalue weighted by molar-refractivity contribution is 8.18. The maximum Gasteiger partial charge on any atom is 0.420 e. The van der Waals surface area contributed by atoms with Gasteiger partial charge in [-0.05, 0) is 59.8 Å². The Hall–Kier alpha value is -4.24. The van der Waals surface area contributed by atoms with E-state index in [0.29, 0.717) is 18.2 Å². The zero-order valence-electron chi connectivity index (χ0n) is 18.7. The predicted molar refractivity (Wildman–Crippen MR) is 124 cm³/mol. The minimum atomic E-state index is -4.74. The summed E-state index contributed by atoms with van der Waals surface area (Å²) < 4.78 is 52.8. The Morgan fingerprint density at radius 2 is 1.89 bits per heavy atom. The normalized spacial score (nSPS) is 14.9. The Labute approximate surface area is 207 Å². The molecule has 36 heavy (non-hydrogen) atoms. The molecule has 3 aromatic rings. The standard InChI is InChI=1S/C24H17F3N4O4S/c1-34-20-12-15(13-21-22(32)31(23(33)36-21)10-9-30-8-2-7-29-30)3-6-19(20)35-18-5-4-16(14-28)11-17(18)24(25,26)27/h2-8,11-13H,9-10H2,1H3/b21-13-. The van der Waals surface area contributed by atoms with E-state index in [1.54, 1.807) is 29.2 Å². The summed E-state index contributed by atoms with van der Waals surface area (Å²) in [6, 6.07) is 10.8. The summed E-state index contributed by atoms with van der Waals surface area (Å²) in [5, 5.41) is 12.6. The van der Waals surface area contributed by atoms with Gasteiger partial charge in [0.25, 0.3) is 11.1 Å². The van der Waals surface area contributed by atoms with E-state index in [0.717, 1.165) is 22.7 Å². The van der Waals surface area contributed by atoms with Gasteiger partial charge in [0.15, 0.2) is 11.5 Å². The monoisotopic (exact) mass is 514 g/mol. The van der Waals surface area contributed by atoms with Gasteiger partial charge in [-0.25, -0.2) is 0 Å². The lowest BCUT2D eigenvalue weighted by atomic mass is 10.1. The smallest absolute Gasteiger partial charge is 0.420 e. The van der Waals surface area contributed by atoms with Crippen LogP contribution in [0.2, 0.25) is 0 Å². The van der Waals surface area contributed by atoms with Crippen molar-refractivity contribution in [2.45, 2.75) is 12.7 Å². The van der Waals surface area contributed by atoms with Crippen LogP contribution in [0.3, 0.4) is 0 Å². The number of hydrogen-bond donors (Lipinski definition) is 0. The van der Waals surface area contributed by atoms with Crippen LogP contribution in [-0.2, 0) is 17.5 Å². The van der Waals surface area contributed by atoms with E-state index in [-0.39, 0.29) is 28.5 Å². The number of nitriles is 1. The van der Waals surface area contributed by atoms with Gasteiger partial charge in [-0.3, -0.25) is 19.2 Å². The molecule has 0 aliphatic carbocycles. The summed E-state index contributed by atoms with van der Waals surface area (Å²) in [4.78, 5) is 26.4. The Kier molecular flexibility index (Phi) is 7.03. The first-order chi connectivity index (χ1) is 17.2. The summed E-state index contributed by atoms with van der Waals surface area (Å²) in [5.41, 5.74) is -0.778. The number of nitrogens with zero attached hydrogens (tertiary/aromatic N) is 4. The van der Waals surface area contributed by atoms with Crippen LogP contribution >= 0.6 is 11.8 Å². The third-order valence-corrected chi connectivity index (χ3v) is 6.01. The number of benzene rings is 2. The van der Waals surface area contributed by atoms with E-state index >= 15 is 0 Å². The molecule has 8 nitrogen and oxygen atoms in total. The summed E-state index contributed by atoms with van der Waals surface area (Å²) in [5.74, 6) is -0.842. The molecular weight excluding hydrogens is 497 g/mol. The zero-order chi connectivity index (χ0) is 25.9. The number of thioether (sulfide) groups is 1. The highest BCUT2D eigenvalue weighted by Crippen LogP contribution is 2.41. The molecule has 184 valence electrons. The van der Waals surface area contributed by atoms with Crippen LogP contribution in [-0.4, -0.2) is 39.5 Å². The Bertz CT molecular complexity index is 1380. The third-order valence-electron chi connectivity index (χ3n) is 5.10. The lowest BCUT2D eigenvalue weighted by molar-refractivity contribution is -0.138. The SMILES string of the molecule is COc1cc(/C=C2\SC(=O)N(CCn3cccn3)C2=O)ccc1Oc1ccc(C#N)cc1C(F)(F)F. The molecule has 0 bridgehead atoms. The largest absolute Gasteiger partial charge is 0.493 e. The first-order valence-corrected chi connectivity index (χ1v) is 11.2.